The van der Waals surface area contributed by atoms with E-state index in [2.05, 4.69) is 30.7 Å². The number of methoxy groups -OCH3 is 1. The molecule has 6 nitrogen and oxygen atoms in total. The van der Waals surface area contributed by atoms with E-state index >= 15 is 0 Å². The lowest BCUT2D eigenvalue weighted by molar-refractivity contribution is 0.0698. The molecule has 1 atom stereocenters. The molecule has 0 bridgehead atoms. The molecule has 6 heteroatoms. The molecule has 1 saturated carbocycles. The van der Waals surface area contributed by atoms with Crippen LogP contribution >= 0.6 is 0 Å². The summed E-state index contributed by atoms with van der Waals surface area (Å²) < 4.78 is 11.3. The zero-order chi connectivity index (χ0) is 16.2. The van der Waals surface area contributed by atoms with Crippen molar-refractivity contribution >= 4 is 0 Å². The van der Waals surface area contributed by atoms with Gasteiger partial charge in [-0.1, -0.05) is 13.0 Å². The highest BCUT2D eigenvalue weighted by Crippen LogP contribution is 2.34. The molecule has 0 saturated heterocycles. The van der Waals surface area contributed by atoms with E-state index in [-0.39, 0.29) is 5.92 Å². The Labute approximate surface area is 136 Å². The van der Waals surface area contributed by atoms with E-state index < -0.39 is 0 Å². The molecular formula is C17H22N4O2. The quantitative estimate of drug-likeness (QED) is 0.781. The summed E-state index contributed by atoms with van der Waals surface area (Å²) in [5.74, 6) is 2.51. The summed E-state index contributed by atoms with van der Waals surface area (Å²) in [6, 6.07) is 6.06. The summed E-state index contributed by atoms with van der Waals surface area (Å²) in [6.07, 6.45) is 8.20. The van der Waals surface area contributed by atoms with Crippen molar-refractivity contribution in [2.45, 2.75) is 25.7 Å². The van der Waals surface area contributed by atoms with Gasteiger partial charge in [-0.2, -0.15) is 5.26 Å². The number of nitriles is 1. The normalized spacial score (nSPS) is 17.6. The van der Waals surface area contributed by atoms with Crippen molar-refractivity contribution < 1.29 is 9.47 Å². The highest BCUT2D eigenvalue weighted by atomic mass is 16.5. The van der Waals surface area contributed by atoms with E-state index in [9.17, 15) is 0 Å². The van der Waals surface area contributed by atoms with Gasteiger partial charge in [-0.15, -0.1) is 5.12 Å². The molecule has 1 aromatic carbocycles. The van der Waals surface area contributed by atoms with E-state index in [0.29, 0.717) is 12.5 Å². The Morgan fingerprint density at radius 2 is 2.22 bits per heavy atom. The Morgan fingerprint density at radius 1 is 1.39 bits per heavy atom. The van der Waals surface area contributed by atoms with Crippen molar-refractivity contribution in [1.82, 2.24) is 15.6 Å². The van der Waals surface area contributed by atoms with Crippen molar-refractivity contribution in [1.29, 1.82) is 5.26 Å². The number of hydrogen-bond acceptors (Lipinski definition) is 6. The number of rotatable bonds is 7. The molecule has 2 aliphatic rings. The van der Waals surface area contributed by atoms with Gasteiger partial charge < -0.3 is 9.47 Å². The number of nitrogens with zero attached hydrogens (tertiary/aromatic N) is 3. The summed E-state index contributed by atoms with van der Waals surface area (Å²) in [7, 11) is 1.66. The molecular weight excluding hydrogens is 292 g/mol. The van der Waals surface area contributed by atoms with E-state index in [1.807, 2.05) is 17.3 Å². The van der Waals surface area contributed by atoms with Crippen molar-refractivity contribution in [2.24, 2.45) is 5.92 Å². The SMILES string of the molecule is COc1ccc(C(C)CN2C=CNN2C#N)cc1OCC1CC1. The Morgan fingerprint density at radius 3 is 2.91 bits per heavy atom. The predicted molar refractivity (Wildman–Crippen MR) is 86.1 cm³/mol. The summed E-state index contributed by atoms with van der Waals surface area (Å²) in [4.78, 5) is 0. The first kappa shape index (κ1) is 15.3. The zero-order valence-electron chi connectivity index (χ0n) is 13.5. The Bertz CT molecular complexity index is 622. The molecule has 0 amide bonds. The second-order valence-corrected chi connectivity index (χ2v) is 6.04. The minimum Gasteiger partial charge on any atom is -0.493 e. The maximum absolute atomic E-state index is 9.06. The maximum atomic E-state index is 9.06. The van der Waals surface area contributed by atoms with Crippen LogP contribution in [0.25, 0.3) is 0 Å². The Kier molecular flexibility index (Phi) is 4.47. The van der Waals surface area contributed by atoms with Crippen LogP contribution in [0.3, 0.4) is 0 Å². The molecule has 3 rings (SSSR count). The molecule has 0 aromatic heterocycles. The first-order valence-electron chi connectivity index (χ1n) is 7.91. The highest BCUT2D eigenvalue weighted by Gasteiger charge is 2.23. The van der Waals surface area contributed by atoms with Crippen LogP contribution in [-0.2, 0) is 0 Å². The summed E-state index contributed by atoms with van der Waals surface area (Å²) in [5.41, 5.74) is 4.02. The lowest BCUT2D eigenvalue weighted by Gasteiger charge is -2.26. The van der Waals surface area contributed by atoms with E-state index in [1.165, 1.54) is 18.0 Å². The number of nitrogens with one attached hydrogen (secondary N) is 1. The van der Waals surface area contributed by atoms with Gasteiger partial charge in [-0.25, -0.2) is 0 Å². The molecule has 1 unspecified atom stereocenters. The fourth-order valence-corrected chi connectivity index (χ4v) is 2.55. The number of ether oxygens (including phenoxy) is 2. The van der Waals surface area contributed by atoms with Gasteiger partial charge in [0, 0.05) is 24.9 Å². The van der Waals surface area contributed by atoms with Crippen LogP contribution in [0.15, 0.2) is 30.6 Å². The summed E-state index contributed by atoms with van der Waals surface area (Å²) in [5, 5.41) is 12.3. The number of hydrazine groups is 2. The third kappa shape index (κ3) is 3.62. The number of hydrogen-bond donors (Lipinski definition) is 1. The monoisotopic (exact) mass is 314 g/mol. The second kappa shape index (κ2) is 6.69. The van der Waals surface area contributed by atoms with Crippen LogP contribution in [0, 0.1) is 17.4 Å². The van der Waals surface area contributed by atoms with Gasteiger partial charge in [-0.3, -0.25) is 10.4 Å². The first-order chi connectivity index (χ1) is 11.2. The molecule has 23 heavy (non-hydrogen) atoms. The van der Waals surface area contributed by atoms with E-state index in [0.717, 1.165) is 23.7 Å². The van der Waals surface area contributed by atoms with Crippen LogP contribution in [0.2, 0.25) is 0 Å². The van der Waals surface area contributed by atoms with Crippen LogP contribution in [0.5, 0.6) is 11.5 Å². The first-order valence-corrected chi connectivity index (χ1v) is 7.91. The zero-order valence-corrected chi connectivity index (χ0v) is 13.5. The molecule has 122 valence electrons. The van der Waals surface area contributed by atoms with Gasteiger partial charge in [0.25, 0.3) is 0 Å². The maximum Gasteiger partial charge on any atom is 0.221 e. The number of benzene rings is 1. The van der Waals surface area contributed by atoms with Gasteiger partial charge in [0.15, 0.2) is 11.5 Å². The molecule has 0 spiro atoms. The van der Waals surface area contributed by atoms with Crippen LogP contribution in [0.1, 0.15) is 31.2 Å². The van der Waals surface area contributed by atoms with Crippen LogP contribution in [0.4, 0.5) is 0 Å². The van der Waals surface area contributed by atoms with Gasteiger partial charge in [0.1, 0.15) is 0 Å². The van der Waals surface area contributed by atoms with Crippen molar-refractivity contribution in [2.75, 3.05) is 20.3 Å². The molecule has 1 aromatic rings. The minimum atomic E-state index is 0.240. The van der Waals surface area contributed by atoms with Gasteiger partial charge in [0.2, 0.25) is 6.19 Å². The molecule has 1 N–H and O–H groups in total. The van der Waals surface area contributed by atoms with Crippen LogP contribution in [-0.4, -0.2) is 30.4 Å². The molecule has 1 aliphatic heterocycles. The second-order valence-electron chi connectivity index (χ2n) is 6.04. The van der Waals surface area contributed by atoms with E-state index in [4.69, 9.17) is 14.7 Å². The average Bonchev–Trinajstić information content (AvgIpc) is 3.30. The Balaban J connectivity index is 1.69. The molecule has 0 radical (unpaired) electrons. The van der Waals surface area contributed by atoms with Crippen molar-refractivity contribution in [3.8, 4) is 17.7 Å². The van der Waals surface area contributed by atoms with Crippen molar-refractivity contribution in [3.63, 3.8) is 0 Å². The molecule has 1 heterocycles. The third-order valence-corrected chi connectivity index (χ3v) is 4.18. The summed E-state index contributed by atoms with van der Waals surface area (Å²) in [6.45, 7) is 3.59. The topological polar surface area (TPSA) is 60.8 Å². The third-order valence-electron chi connectivity index (χ3n) is 4.18. The fraction of sp³-hybridized carbons (Fsp3) is 0.471. The summed E-state index contributed by atoms with van der Waals surface area (Å²) >= 11 is 0. The molecule has 1 fully saturated rings. The van der Waals surface area contributed by atoms with Gasteiger partial charge in [-0.05, 0) is 36.5 Å². The minimum absolute atomic E-state index is 0.240. The van der Waals surface area contributed by atoms with Crippen molar-refractivity contribution in [3.05, 3.63) is 36.2 Å². The Hall–Kier alpha value is -2.55. The average molecular weight is 314 g/mol. The smallest absolute Gasteiger partial charge is 0.221 e. The lowest BCUT2D eigenvalue weighted by Crippen LogP contribution is -2.39. The lowest BCUT2D eigenvalue weighted by atomic mass is 10.0. The largest absolute Gasteiger partial charge is 0.493 e. The van der Waals surface area contributed by atoms with Crippen LogP contribution < -0.4 is 14.9 Å². The van der Waals surface area contributed by atoms with E-state index in [1.54, 1.807) is 13.3 Å². The fourth-order valence-electron chi connectivity index (χ4n) is 2.55. The predicted octanol–water partition coefficient (Wildman–Crippen LogP) is 2.58. The molecule has 1 aliphatic carbocycles. The van der Waals surface area contributed by atoms with Gasteiger partial charge in [0.05, 0.1) is 13.7 Å². The van der Waals surface area contributed by atoms with Gasteiger partial charge >= 0.3 is 0 Å². The standard InChI is InChI=1S/C17H22N4O2/c1-13(10-20-8-7-19-21(20)12-18)15-5-6-16(22-2)17(9-15)23-11-14-3-4-14/h5-9,13-14,19H,3-4,10-11H2,1-2H3. The highest BCUT2D eigenvalue weighted by molar-refractivity contribution is 5.44.